The van der Waals surface area contributed by atoms with Gasteiger partial charge in [0, 0.05) is 5.57 Å². The average Bonchev–Trinajstić information content (AvgIpc) is 3.30. The van der Waals surface area contributed by atoms with Gasteiger partial charge in [-0.1, -0.05) is 18.7 Å². The summed E-state index contributed by atoms with van der Waals surface area (Å²) in [5.74, 6) is 0.532. The van der Waals surface area contributed by atoms with Crippen molar-refractivity contribution in [2.45, 2.75) is 11.3 Å². The lowest BCUT2D eigenvalue weighted by Gasteiger charge is -2.09. The first-order valence-corrected chi connectivity index (χ1v) is 9.60. The molecule has 0 unspecified atom stereocenters. The van der Waals surface area contributed by atoms with Gasteiger partial charge in [-0.3, -0.25) is 0 Å². The number of nitrogens with two attached hydrogens (primary N) is 1. The van der Waals surface area contributed by atoms with E-state index < -0.39 is 22.1 Å². The molecule has 1 aromatic carbocycles. The van der Waals surface area contributed by atoms with Crippen LogP contribution in [-0.2, 0) is 19.5 Å². The first-order chi connectivity index (χ1) is 13.3. The number of hydrogen-bond donors (Lipinski definition) is 1. The van der Waals surface area contributed by atoms with E-state index in [9.17, 15) is 17.2 Å². The predicted molar refractivity (Wildman–Crippen MR) is 98.1 cm³/mol. The van der Waals surface area contributed by atoms with E-state index in [-0.39, 0.29) is 18.3 Å². The molecule has 0 aliphatic carbocycles. The van der Waals surface area contributed by atoms with E-state index in [4.69, 9.17) is 14.6 Å². The molecule has 3 rings (SSSR count). The highest BCUT2D eigenvalue weighted by Gasteiger charge is 2.20. The van der Waals surface area contributed by atoms with Crippen LogP contribution in [0.15, 0.2) is 65.8 Å². The van der Waals surface area contributed by atoms with Gasteiger partial charge in [-0.25, -0.2) is 27.0 Å². The number of alkyl halides is 2. The number of allylic oxidation sites excluding steroid dienone is 4. The molecule has 7 nitrogen and oxygen atoms in total. The molecule has 0 atom stereocenters. The molecular formula is C18H17F2N3O4S. The minimum absolute atomic E-state index is 0.0977. The second kappa shape index (κ2) is 8.05. The summed E-state index contributed by atoms with van der Waals surface area (Å²) < 4.78 is 61.1. The molecule has 2 N–H and O–H groups in total. The SMILES string of the molecule is C=CC=C(C=C1COCO1)c1cc(C(F)F)nn1-c1ccc(S(N)(=O)=O)cc1. The van der Waals surface area contributed by atoms with Crippen LogP contribution < -0.4 is 5.14 Å². The van der Waals surface area contributed by atoms with Crippen LogP contribution >= 0.6 is 0 Å². The number of aromatic nitrogens is 2. The fraction of sp³-hybridized carbons (Fsp3) is 0.167. The number of primary sulfonamides is 1. The molecule has 0 amide bonds. The van der Waals surface area contributed by atoms with Crippen LogP contribution in [0.4, 0.5) is 8.78 Å². The molecule has 148 valence electrons. The molecule has 2 heterocycles. The Balaban J connectivity index is 2.11. The minimum atomic E-state index is -3.88. The summed E-state index contributed by atoms with van der Waals surface area (Å²) in [5, 5.41) is 9.05. The molecule has 0 saturated carbocycles. The zero-order valence-electron chi connectivity index (χ0n) is 14.6. The minimum Gasteiger partial charge on any atom is -0.469 e. The highest BCUT2D eigenvalue weighted by molar-refractivity contribution is 7.89. The van der Waals surface area contributed by atoms with Crippen molar-refractivity contribution in [3.63, 3.8) is 0 Å². The van der Waals surface area contributed by atoms with Crippen LogP contribution in [-0.4, -0.2) is 31.6 Å². The lowest BCUT2D eigenvalue weighted by Crippen LogP contribution is -2.12. The summed E-state index contributed by atoms with van der Waals surface area (Å²) in [7, 11) is -3.88. The molecule has 1 saturated heterocycles. The Hall–Kier alpha value is -2.82. The Labute approximate surface area is 160 Å². The van der Waals surface area contributed by atoms with Crippen molar-refractivity contribution in [3.8, 4) is 5.69 Å². The number of nitrogens with zero attached hydrogens (tertiary/aromatic N) is 2. The number of ether oxygens (including phenoxy) is 2. The van der Waals surface area contributed by atoms with Gasteiger partial charge >= 0.3 is 0 Å². The van der Waals surface area contributed by atoms with Gasteiger partial charge in [-0.15, -0.1) is 0 Å². The highest BCUT2D eigenvalue weighted by Crippen LogP contribution is 2.28. The Morgan fingerprint density at radius 3 is 2.57 bits per heavy atom. The second-order valence-electron chi connectivity index (χ2n) is 5.78. The zero-order valence-corrected chi connectivity index (χ0v) is 15.4. The Kier molecular flexibility index (Phi) is 5.73. The van der Waals surface area contributed by atoms with Crippen LogP contribution in [0.1, 0.15) is 17.8 Å². The van der Waals surface area contributed by atoms with Crippen molar-refractivity contribution in [1.82, 2.24) is 9.78 Å². The van der Waals surface area contributed by atoms with Gasteiger partial charge in [0.15, 0.2) is 6.79 Å². The van der Waals surface area contributed by atoms with Gasteiger partial charge in [0.1, 0.15) is 18.1 Å². The maximum atomic E-state index is 13.3. The van der Waals surface area contributed by atoms with Crippen LogP contribution in [0.25, 0.3) is 11.3 Å². The van der Waals surface area contributed by atoms with E-state index in [1.807, 2.05) is 0 Å². The number of sulfonamides is 1. The van der Waals surface area contributed by atoms with Gasteiger partial charge in [-0.2, -0.15) is 5.10 Å². The molecule has 0 spiro atoms. The fourth-order valence-corrected chi connectivity index (χ4v) is 3.09. The summed E-state index contributed by atoms with van der Waals surface area (Å²) >= 11 is 0. The van der Waals surface area contributed by atoms with Gasteiger partial charge in [0.25, 0.3) is 6.43 Å². The molecule has 1 aliphatic rings. The monoisotopic (exact) mass is 409 g/mol. The maximum Gasteiger partial charge on any atom is 0.282 e. The van der Waals surface area contributed by atoms with E-state index in [0.717, 1.165) is 0 Å². The van der Waals surface area contributed by atoms with Crippen molar-refractivity contribution in [3.05, 3.63) is 72.3 Å². The molecule has 0 radical (unpaired) electrons. The summed E-state index contributed by atoms with van der Waals surface area (Å²) in [6.45, 7) is 4.02. The van der Waals surface area contributed by atoms with E-state index >= 15 is 0 Å². The molecule has 1 fully saturated rings. The molecule has 28 heavy (non-hydrogen) atoms. The normalized spacial score (nSPS) is 16.6. The van der Waals surface area contributed by atoms with Gasteiger partial charge in [-0.05, 0) is 36.4 Å². The lowest BCUT2D eigenvalue weighted by atomic mass is 10.1. The molecule has 2 aromatic rings. The Morgan fingerprint density at radius 2 is 2.04 bits per heavy atom. The average molecular weight is 409 g/mol. The van der Waals surface area contributed by atoms with Crippen molar-refractivity contribution < 1.29 is 26.7 Å². The molecule has 1 aliphatic heterocycles. The van der Waals surface area contributed by atoms with E-state index in [2.05, 4.69) is 11.7 Å². The second-order valence-corrected chi connectivity index (χ2v) is 7.35. The summed E-state index contributed by atoms with van der Waals surface area (Å²) in [6.07, 6.45) is 1.99. The van der Waals surface area contributed by atoms with Crippen LogP contribution in [0.5, 0.6) is 0 Å². The summed E-state index contributed by atoms with van der Waals surface area (Å²) in [5.41, 5.74) is 0.820. The third kappa shape index (κ3) is 4.35. The van der Waals surface area contributed by atoms with Crippen molar-refractivity contribution in [2.75, 3.05) is 13.4 Å². The van der Waals surface area contributed by atoms with Crippen molar-refractivity contribution in [2.24, 2.45) is 5.14 Å². The third-order valence-electron chi connectivity index (χ3n) is 3.84. The third-order valence-corrected chi connectivity index (χ3v) is 4.77. The van der Waals surface area contributed by atoms with Crippen LogP contribution in [0.2, 0.25) is 0 Å². The molecular weight excluding hydrogens is 392 g/mol. The number of hydrogen-bond acceptors (Lipinski definition) is 5. The van der Waals surface area contributed by atoms with Gasteiger partial charge in [0.05, 0.1) is 16.3 Å². The van der Waals surface area contributed by atoms with Crippen LogP contribution in [0.3, 0.4) is 0 Å². The van der Waals surface area contributed by atoms with E-state index in [0.29, 0.717) is 22.7 Å². The first-order valence-electron chi connectivity index (χ1n) is 8.05. The molecule has 1 aromatic heterocycles. The van der Waals surface area contributed by atoms with Crippen molar-refractivity contribution >= 4 is 15.6 Å². The van der Waals surface area contributed by atoms with Crippen LogP contribution in [0, 0.1) is 0 Å². The van der Waals surface area contributed by atoms with Crippen molar-refractivity contribution in [1.29, 1.82) is 0 Å². The van der Waals surface area contributed by atoms with Gasteiger partial charge in [0.2, 0.25) is 10.0 Å². The van der Waals surface area contributed by atoms with E-state index in [1.165, 1.54) is 41.1 Å². The van der Waals surface area contributed by atoms with Gasteiger partial charge < -0.3 is 9.47 Å². The maximum absolute atomic E-state index is 13.3. The zero-order chi connectivity index (χ0) is 20.3. The quantitative estimate of drug-likeness (QED) is 0.740. The topological polar surface area (TPSA) is 96.4 Å². The largest absolute Gasteiger partial charge is 0.469 e. The number of benzene rings is 1. The summed E-state index contributed by atoms with van der Waals surface area (Å²) in [4.78, 5) is -0.0977. The number of halogens is 2. The fourth-order valence-electron chi connectivity index (χ4n) is 2.58. The van der Waals surface area contributed by atoms with E-state index in [1.54, 1.807) is 12.2 Å². The Bertz CT molecular complexity index is 1030. The number of rotatable bonds is 6. The first kappa shape index (κ1) is 19.9. The summed E-state index contributed by atoms with van der Waals surface area (Å²) in [6, 6.07) is 6.67. The Morgan fingerprint density at radius 1 is 1.32 bits per heavy atom. The highest BCUT2D eigenvalue weighted by atomic mass is 32.2. The predicted octanol–water partition coefficient (Wildman–Crippen LogP) is 2.91. The standard InChI is InChI=1S/C18H17F2N3O4S/c1-2-3-12(8-14-10-26-11-27-14)17-9-16(18(19)20)22-23(17)13-4-6-15(7-5-13)28(21,24)25/h2-9,18H,1,10-11H2,(H2,21,24,25). The smallest absolute Gasteiger partial charge is 0.282 e. The molecule has 10 heteroatoms. The lowest BCUT2D eigenvalue weighted by molar-refractivity contribution is 0.0800. The molecule has 0 bridgehead atoms.